The van der Waals surface area contributed by atoms with E-state index in [9.17, 15) is 13.6 Å². The van der Waals surface area contributed by atoms with Gasteiger partial charge in [0, 0.05) is 6.07 Å². The van der Waals surface area contributed by atoms with Gasteiger partial charge in [-0.3, -0.25) is 0 Å². The number of halogens is 2. The van der Waals surface area contributed by atoms with Gasteiger partial charge in [-0.25, -0.2) is 13.6 Å². The van der Waals surface area contributed by atoms with E-state index < -0.39 is 17.8 Å². The number of benzene rings is 1. The molecule has 0 spiro atoms. The van der Waals surface area contributed by atoms with Crippen LogP contribution in [0.3, 0.4) is 0 Å². The minimum atomic E-state index is -1.28. The lowest BCUT2D eigenvalue weighted by atomic mass is 10.1. The maximum Gasteiger partial charge on any atom is 0.505 e. The molecule has 0 aliphatic heterocycles. The normalized spacial score (nSPS) is 10.2. The lowest BCUT2D eigenvalue weighted by Gasteiger charge is -2.03. The van der Waals surface area contributed by atoms with Gasteiger partial charge in [0.15, 0.2) is 0 Å². The minimum Gasteiger partial charge on any atom is -0.450 e. The van der Waals surface area contributed by atoms with Crippen molar-refractivity contribution in [2.24, 2.45) is 0 Å². The first kappa shape index (κ1) is 13.4. The summed E-state index contributed by atoms with van der Waals surface area (Å²) < 4.78 is 30.0. The first-order chi connectivity index (χ1) is 8.08. The SMILES string of the molecule is O=C(O)OCCCCCc1cc(F)cc(F)c1. The highest BCUT2D eigenvalue weighted by molar-refractivity contribution is 5.56. The van der Waals surface area contributed by atoms with Gasteiger partial charge in [0.05, 0.1) is 6.61 Å². The first-order valence-electron chi connectivity index (χ1n) is 5.38. The second kappa shape index (κ2) is 6.83. The Balaban J connectivity index is 2.20. The molecule has 0 saturated heterocycles. The Morgan fingerprint density at radius 2 is 1.76 bits per heavy atom. The van der Waals surface area contributed by atoms with Crippen LogP contribution >= 0.6 is 0 Å². The smallest absolute Gasteiger partial charge is 0.450 e. The second-order valence-electron chi connectivity index (χ2n) is 3.70. The third-order valence-electron chi connectivity index (χ3n) is 2.26. The number of carbonyl (C=O) groups is 1. The van der Waals surface area contributed by atoms with Crippen molar-refractivity contribution in [3.63, 3.8) is 0 Å². The molecule has 0 aliphatic rings. The van der Waals surface area contributed by atoms with Crippen molar-refractivity contribution in [2.45, 2.75) is 25.7 Å². The molecule has 17 heavy (non-hydrogen) atoms. The highest BCUT2D eigenvalue weighted by Gasteiger charge is 2.01. The molecule has 1 aromatic carbocycles. The van der Waals surface area contributed by atoms with Crippen LogP contribution < -0.4 is 0 Å². The molecule has 1 aromatic rings. The summed E-state index contributed by atoms with van der Waals surface area (Å²) in [5, 5.41) is 8.20. The van der Waals surface area contributed by atoms with E-state index in [1.54, 1.807) is 0 Å². The van der Waals surface area contributed by atoms with Gasteiger partial charge in [0.2, 0.25) is 0 Å². The molecule has 0 saturated carbocycles. The summed E-state index contributed by atoms with van der Waals surface area (Å²) in [4.78, 5) is 10.0. The Bertz CT molecular complexity index is 360. The number of hydrogen-bond acceptors (Lipinski definition) is 2. The van der Waals surface area contributed by atoms with Crippen LogP contribution in [0, 0.1) is 11.6 Å². The molecule has 0 aromatic heterocycles. The van der Waals surface area contributed by atoms with Crippen LogP contribution in [0.1, 0.15) is 24.8 Å². The van der Waals surface area contributed by atoms with Crippen molar-refractivity contribution >= 4 is 6.16 Å². The van der Waals surface area contributed by atoms with Gasteiger partial charge in [-0.15, -0.1) is 0 Å². The second-order valence-corrected chi connectivity index (χ2v) is 3.70. The average Bonchev–Trinajstić information content (AvgIpc) is 2.21. The number of ether oxygens (including phenoxy) is 1. The zero-order valence-electron chi connectivity index (χ0n) is 9.29. The summed E-state index contributed by atoms with van der Waals surface area (Å²) in [6.07, 6.45) is 1.40. The molecule has 5 heteroatoms. The highest BCUT2D eigenvalue weighted by Crippen LogP contribution is 2.11. The summed E-state index contributed by atoms with van der Waals surface area (Å²) in [5.41, 5.74) is 0.613. The number of aryl methyl sites for hydroxylation is 1. The van der Waals surface area contributed by atoms with Crippen molar-refractivity contribution < 1.29 is 23.4 Å². The largest absolute Gasteiger partial charge is 0.505 e. The lowest BCUT2D eigenvalue weighted by molar-refractivity contribution is 0.0900. The molecule has 0 bridgehead atoms. The van der Waals surface area contributed by atoms with E-state index in [-0.39, 0.29) is 6.61 Å². The van der Waals surface area contributed by atoms with Gasteiger partial charge in [-0.1, -0.05) is 0 Å². The summed E-state index contributed by atoms with van der Waals surface area (Å²) in [6, 6.07) is 3.44. The Kier molecular flexibility index (Phi) is 5.39. The molecule has 0 amide bonds. The minimum absolute atomic E-state index is 0.160. The molecule has 0 radical (unpaired) electrons. The van der Waals surface area contributed by atoms with E-state index >= 15 is 0 Å². The van der Waals surface area contributed by atoms with E-state index in [4.69, 9.17) is 5.11 Å². The van der Waals surface area contributed by atoms with E-state index in [2.05, 4.69) is 4.74 Å². The molecular formula is C12H14F2O3. The molecule has 0 unspecified atom stereocenters. The van der Waals surface area contributed by atoms with E-state index in [0.29, 0.717) is 18.4 Å². The van der Waals surface area contributed by atoms with Crippen LogP contribution in [0.5, 0.6) is 0 Å². The fourth-order valence-corrected chi connectivity index (χ4v) is 1.52. The fourth-order valence-electron chi connectivity index (χ4n) is 1.52. The Morgan fingerprint density at radius 1 is 1.12 bits per heavy atom. The summed E-state index contributed by atoms with van der Waals surface area (Å²) in [5.74, 6) is -1.15. The van der Waals surface area contributed by atoms with Crippen molar-refractivity contribution in [3.05, 3.63) is 35.4 Å². The molecule has 1 N–H and O–H groups in total. The van der Waals surface area contributed by atoms with E-state index in [1.165, 1.54) is 12.1 Å². The van der Waals surface area contributed by atoms with Gasteiger partial charge >= 0.3 is 6.16 Å². The Hall–Kier alpha value is -1.65. The molecule has 0 heterocycles. The number of carboxylic acid groups (broad SMARTS) is 1. The summed E-state index contributed by atoms with van der Waals surface area (Å²) in [7, 11) is 0. The van der Waals surface area contributed by atoms with E-state index in [1.807, 2.05) is 0 Å². The van der Waals surface area contributed by atoms with Crippen LogP contribution in [0.4, 0.5) is 13.6 Å². The quantitative estimate of drug-likeness (QED) is 0.616. The van der Waals surface area contributed by atoms with Crippen LogP contribution in [-0.2, 0) is 11.2 Å². The maximum atomic E-state index is 12.8. The topological polar surface area (TPSA) is 46.5 Å². The van der Waals surface area contributed by atoms with Crippen molar-refractivity contribution in [2.75, 3.05) is 6.61 Å². The third-order valence-corrected chi connectivity index (χ3v) is 2.26. The van der Waals surface area contributed by atoms with Crippen LogP contribution in [-0.4, -0.2) is 17.9 Å². The van der Waals surface area contributed by atoms with Crippen LogP contribution in [0.15, 0.2) is 18.2 Å². The predicted molar refractivity (Wildman–Crippen MR) is 57.9 cm³/mol. The lowest BCUT2D eigenvalue weighted by Crippen LogP contribution is -2.01. The molecule has 0 fully saturated rings. The fraction of sp³-hybridized carbons (Fsp3) is 0.417. The molecule has 94 valence electrons. The first-order valence-corrected chi connectivity index (χ1v) is 5.38. The van der Waals surface area contributed by atoms with Crippen molar-refractivity contribution in [1.82, 2.24) is 0 Å². The summed E-state index contributed by atoms with van der Waals surface area (Å²) in [6.45, 7) is 0.160. The maximum absolute atomic E-state index is 12.8. The van der Waals surface area contributed by atoms with Crippen molar-refractivity contribution in [1.29, 1.82) is 0 Å². The molecule has 3 nitrogen and oxygen atoms in total. The molecule has 0 atom stereocenters. The van der Waals surface area contributed by atoms with E-state index in [0.717, 1.165) is 18.9 Å². The Morgan fingerprint density at radius 3 is 2.35 bits per heavy atom. The number of unbranched alkanes of at least 4 members (excludes halogenated alkanes) is 2. The average molecular weight is 244 g/mol. The number of hydrogen-bond donors (Lipinski definition) is 1. The highest BCUT2D eigenvalue weighted by atomic mass is 19.1. The number of rotatable bonds is 6. The van der Waals surface area contributed by atoms with Gasteiger partial charge in [0.1, 0.15) is 11.6 Å². The van der Waals surface area contributed by atoms with Crippen LogP contribution in [0.25, 0.3) is 0 Å². The van der Waals surface area contributed by atoms with Gasteiger partial charge < -0.3 is 9.84 Å². The summed E-state index contributed by atoms with van der Waals surface area (Å²) >= 11 is 0. The monoisotopic (exact) mass is 244 g/mol. The van der Waals surface area contributed by atoms with Gasteiger partial charge in [0.25, 0.3) is 0 Å². The zero-order chi connectivity index (χ0) is 12.7. The molecule has 1 rings (SSSR count). The van der Waals surface area contributed by atoms with Gasteiger partial charge in [-0.05, 0) is 43.4 Å². The van der Waals surface area contributed by atoms with Crippen LogP contribution in [0.2, 0.25) is 0 Å². The molecular weight excluding hydrogens is 230 g/mol. The zero-order valence-corrected chi connectivity index (χ0v) is 9.29. The Labute approximate surface area is 98.0 Å². The standard InChI is InChI=1S/C12H14F2O3/c13-10-6-9(7-11(14)8-10)4-2-1-3-5-17-12(15)16/h6-8H,1-5H2,(H,15,16). The van der Waals surface area contributed by atoms with Gasteiger partial charge in [-0.2, -0.15) is 0 Å². The van der Waals surface area contributed by atoms with Crippen molar-refractivity contribution in [3.8, 4) is 0 Å². The predicted octanol–water partition coefficient (Wildman–Crippen LogP) is 3.37. The third kappa shape index (κ3) is 5.85. The molecule has 0 aliphatic carbocycles.